The van der Waals surface area contributed by atoms with Crippen molar-refractivity contribution in [1.82, 2.24) is 19.8 Å². The van der Waals surface area contributed by atoms with Gasteiger partial charge in [-0.15, -0.1) is 15.3 Å². The number of nitrogens with zero attached hydrogens (tertiary/aromatic N) is 5. The Hall–Kier alpha value is -3.37. The van der Waals surface area contributed by atoms with E-state index in [-0.39, 0.29) is 17.7 Å². The van der Waals surface area contributed by atoms with Crippen LogP contribution in [0.2, 0.25) is 0 Å². The van der Waals surface area contributed by atoms with Crippen molar-refractivity contribution >= 4 is 17.4 Å². The van der Waals surface area contributed by atoms with Crippen molar-refractivity contribution in [3.05, 3.63) is 47.8 Å². The van der Waals surface area contributed by atoms with Crippen LogP contribution < -0.4 is 9.64 Å². The van der Waals surface area contributed by atoms with Crippen LogP contribution in [0.4, 0.5) is 19.0 Å². The molecule has 0 saturated carbocycles. The Morgan fingerprint density at radius 1 is 1.10 bits per heavy atom. The van der Waals surface area contributed by atoms with Gasteiger partial charge in [0, 0.05) is 25.9 Å². The van der Waals surface area contributed by atoms with Crippen molar-refractivity contribution in [2.45, 2.75) is 32.0 Å². The third-order valence-electron chi connectivity index (χ3n) is 4.94. The predicted molar refractivity (Wildman–Crippen MR) is 104 cm³/mol. The van der Waals surface area contributed by atoms with Crippen LogP contribution in [0.1, 0.15) is 35.9 Å². The number of benzene rings is 1. The lowest BCUT2D eigenvalue weighted by Crippen LogP contribution is -2.39. The standard InChI is InChI=1S/C20H20F3N5O3/c1-2-30-18(29)13-3-5-14(6-4-13)31-15-9-11-27(12-10-15)17-8-7-16-24-25-19(20(21,22)23)28(16)26-17/h3-8,15H,2,9-12H2,1H3. The molecule has 0 atom stereocenters. The Morgan fingerprint density at radius 3 is 2.45 bits per heavy atom. The molecule has 31 heavy (non-hydrogen) atoms. The SMILES string of the molecule is CCOC(=O)c1ccc(OC2CCN(c3ccc4nnc(C(F)(F)F)n4n3)CC2)cc1. The zero-order chi connectivity index (χ0) is 22.0. The van der Waals surface area contributed by atoms with Crippen molar-refractivity contribution in [1.29, 1.82) is 0 Å². The summed E-state index contributed by atoms with van der Waals surface area (Å²) in [5, 5.41) is 10.8. The molecule has 1 aliphatic heterocycles. The second-order valence-electron chi connectivity index (χ2n) is 7.03. The molecule has 0 bridgehead atoms. The molecule has 0 radical (unpaired) electrons. The van der Waals surface area contributed by atoms with Gasteiger partial charge in [-0.3, -0.25) is 0 Å². The average Bonchev–Trinajstić information content (AvgIpc) is 3.19. The molecule has 164 valence electrons. The van der Waals surface area contributed by atoms with Gasteiger partial charge in [0.15, 0.2) is 5.65 Å². The zero-order valence-corrected chi connectivity index (χ0v) is 16.7. The number of esters is 1. The van der Waals surface area contributed by atoms with Gasteiger partial charge in [0.25, 0.3) is 5.82 Å². The van der Waals surface area contributed by atoms with Crippen LogP contribution in [-0.4, -0.2) is 51.6 Å². The summed E-state index contributed by atoms with van der Waals surface area (Å²) < 4.78 is 50.9. The number of aromatic nitrogens is 4. The lowest BCUT2D eigenvalue weighted by molar-refractivity contribution is -0.146. The van der Waals surface area contributed by atoms with Crippen LogP contribution in [-0.2, 0) is 10.9 Å². The molecule has 0 spiro atoms. The normalized spacial score (nSPS) is 15.3. The quantitative estimate of drug-likeness (QED) is 0.569. The maximum absolute atomic E-state index is 13.1. The number of carbonyl (C=O) groups excluding carboxylic acids is 1. The molecule has 0 amide bonds. The maximum atomic E-state index is 13.1. The van der Waals surface area contributed by atoms with E-state index in [1.54, 1.807) is 37.3 Å². The molecule has 1 aromatic carbocycles. The van der Waals surface area contributed by atoms with Crippen molar-refractivity contribution in [2.24, 2.45) is 0 Å². The number of fused-ring (bicyclic) bond motifs is 1. The highest BCUT2D eigenvalue weighted by Crippen LogP contribution is 2.28. The monoisotopic (exact) mass is 435 g/mol. The van der Waals surface area contributed by atoms with E-state index in [0.29, 0.717) is 49.7 Å². The van der Waals surface area contributed by atoms with E-state index >= 15 is 0 Å². The van der Waals surface area contributed by atoms with Gasteiger partial charge >= 0.3 is 12.1 Å². The topological polar surface area (TPSA) is 81.9 Å². The van der Waals surface area contributed by atoms with E-state index in [9.17, 15) is 18.0 Å². The van der Waals surface area contributed by atoms with Gasteiger partial charge < -0.3 is 14.4 Å². The Bertz CT molecular complexity index is 1060. The highest BCUT2D eigenvalue weighted by Gasteiger charge is 2.38. The van der Waals surface area contributed by atoms with Gasteiger partial charge in [0.05, 0.1) is 12.2 Å². The summed E-state index contributed by atoms with van der Waals surface area (Å²) in [6.07, 6.45) is -3.33. The summed E-state index contributed by atoms with van der Waals surface area (Å²) in [5.74, 6) is -0.456. The van der Waals surface area contributed by atoms with Gasteiger partial charge in [-0.05, 0) is 43.3 Å². The lowest BCUT2D eigenvalue weighted by atomic mass is 10.1. The highest BCUT2D eigenvalue weighted by atomic mass is 19.4. The first-order valence-electron chi connectivity index (χ1n) is 9.83. The summed E-state index contributed by atoms with van der Waals surface area (Å²) in [6.45, 7) is 3.21. The highest BCUT2D eigenvalue weighted by molar-refractivity contribution is 5.89. The molecule has 1 fully saturated rings. The first-order chi connectivity index (χ1) is 14.8. The van der Waals surface area contributed by atoms with Crippen molar-refractivity contribution in [2.75, 3.05) is 24.6 Å². The number of ether oxygens (including phenoxy) is 2. The van der Waals surface area contributed by atoms with E-state index in [0.717, 1.165) is 4.52 Å². The Labute approximate surface area is 175 Å². The summed E-state index contributed by atoms with van der Waals surface area (Å²) in [6, 6.07) is 9.85. The predicted octanol–water partition coefficient (Wildman–Crippen LogP) is 3.37. The van der Waals surface area contributed by atoms with Crippen LogP contribution in [0.3, 0.4) is 0 Å². The van der Waals surface area contributed by atoms with Crippen LogP contribution in [0.25, 0.3) is 5.65 Å². The molecule has 3 heterocycles. The fourth-order valence-corrected chi connectivity index (χ4v) is 3.40. The van der Waals surface area contributed by atoms with Gasteiger partial charge in [-0.1, -0.05) is 0 Å². The smallest absolute Gasteiger partial charge is 0.453 e. The lowest BCUT2D eigenvalue weighted by Gasteiger charge is -2.32. The number of rotatable bonds is 5. The minimum atomic E-state index is -4.63. The summed E-state index contributed by atoms with van der Waals surface area (Å²) in [7, 11) is 0. The van der Waals surface area contributed by atoms with Crippen molar-refractivity contribution in [3.8, 4) is 5.75 Å². The molecule has 11 heteroatoms. The summed E-state index contributed by atoms with van der Waals surface area (Å²) >= 11 is 0. The fraction of sp³-hybridized carbons (Fsp3) is 0.400. The third kappa shape index (κ3) is 4.54. The van der Waals surface area contributed by atoms with E-state index in [1.165, 1.54) is 6.07 Å². The largest absolute Gasteiger partial charge is 0.490 e. The number of anilines is 1. The number of carbonyl (C=O) groups is 1. The Morgan fingerprint density at radius 2 is 1.81 bits per heavy atom. The maximum Gasteiger partial charge on any atom is 0.453 e. The number of piperidine rings is 1. The number of halogens is 3. The molecular formula is C20H20F3N5O3. The molecule has 4 rings (SSSR count). The van der Waals surface area contributed by atoms with Gasteiger partial charge in [0.1, 0.15) is 17.7 Å². The van der Waals surface area contributed by atoms with E-state index in [4.69, 9.17) is 9.47 Å². The second-order valence-corrected chi connectivity index (χ2v) is 7.03. The van der Waals surface area contributed by atoms with Gasteiger partial charge in [-0.2, -0.15) is 17.7 Å². The summed E-state index contributed by atoms with van der Waals surface area (Å²) in [5.41, 5.74) is 0.498. The molecule has 2 aromatic heterocycles. The van der Waals surface area contributed by atoms with Crippen LogP contribution in [0.15, 0.2) is 36.4 Å². The van der Waals surface area contributed by atoms with E-state index in [2.05, 4.69) is 15.3 Å². The van der Waals surface area contributed by atoms with Crippen LogP contribution in [0, 0.1) is 0 Å². The minimum absolute atomic E-state index is 0.0422. The van der Waals surface area contributed by atoms with Gasteiger partial charge in [0.2, 0.25) is 0 Å². The molecule has 1 aliphatic rings. The first-order valence-corrected chi connectivity index (χ1v) is 9.83. The molecule has 0 unspecified atom stereocenters. The Balaban J connectivity index is 1.38. The number of hydrogen-bond acceptors (Lipinski definition) is 7. The minimum Gasteiger partial charge on any atom is -0.490 e. The number of alkyl halides is 3. The molecular weight excluding hydrogens is 415 g/mol. The Kier molecular flexibility index (Phi) is 5.66. The van der Waals surface area contributed by atoms with E-state index in [1.807, 2.05) is 4.90 Å². The second kappa shape index (κ2) is 8.40. The molecule has 1 saturated heterocycles. The van der Waals surface area contributed by atoms with E-state index < -0.39 is 12.0 Å². The average molecular weight is 435 g/mol. The third-order valence-corrected chi connectivity index (χ3v) is 4.94. The molecule has 0 aliphatic carbocycles. The fourth-order valence-electron chi connectivity index (χ4n) is 3.40. The molecule has 8 nitrogen and oxygen atoms in total. The molecule has 3 aromatic rings. The van der Waals surface area contributed by atoms with Crippen LogP contribution in [0.5, 0.6) is 5.75 Å². The van der Waals surface area contributed by atoms with Crippen LogP contribution >= 0.6 is 0 Å². The molecule has 0 N–H and O–H groups in total. The first kappa shape index (κ1) is 20.9. The van der Waals surface area contributed by atoms with Crippen molar-refractivity contribution < 1.29 is 27.4 Å². The van der Waals surface area contributed by atoms with Gasteiger partial charge in [-0.25, -0.2) is 4.79 Å². The summed E-state index contributed by atoms with van der Waals surface area (Å²) in [4.78, 5) is 13.6. The van der Waals surface area contributed by atoms with Crippen molar-refractivity contribution in [3.63, 3.8) is 0 Å². The zero-order valence-electron chi connectivity index (χ0n) is 16.7. The number of hydrogen-bond donors (Lipinski definition) is 0.